The van der Waals surface area contributed by atoms with E-state index in [9.17, 15) is 5.11 Å². The first-order valence-electron chi connectivity index (χ1n) is 7.49. The third kappa shape index (κ3) is 2.66. The van der Waals surface area contributed by atoms with Crippen molar-refractivity contribution in [3.8, 4) is 0 Å². The van der Waals surface area contributed by atoms with E-state index in [1.165, 1.54) is 0 Å². The molecule has 4 rings (SSSR count). The van der Waals surface area contributed by atoms with Crippen molar-refractivity contribution in [2.45, 2.75) is 18.6 Å². The minimum atomic E-state index is -0.986. The minimum Gasteiger partial charge on any atom is -0.379 e. The number of fused-ring (bicyclic) bond motifs is 1. The van der Waals surface area contributed by atoms with Crippen molar-refractivity contribution in [2.75, 3.05) is 0 Å². The van der Waals surface area contributed by atoms with Gasteiger partial charge in [-0.05, 0) is 30.3 Å². The summed E-state index contributed by atoms with van der Waals surface area (Å²) in [5, 5.41) is 12.0. The van der Waals surface area contributed by atoms with Gasteiger partial charge in [-0.25, -0.2) is 4.98 Å². The Balaban J connectivity index is 1.68. The van der Waals surface area contributed by atoms with Gasteiger partial charge in [0, 0.05) is 27.5 Å². The second-order valence-corrected chi connectivity index (χ2v) is 6.76. The predicted molar refractivity (Wildman–Crippen MR) is 94.1 cm³/mol. The molecule has 2 aromatic heterocycles. The Morgan fingerprint density at radius 1 is 1.30 bits per heavy atom. The van der Waals surface area contributed by atoms with Crippen LogP contribution in [0, 0.1) is 0 Å². The van der Waals surface area contributed by atoms with Crippen LogP contribution in [0.2, 0.25) is 0 Å². The smallest absolute Gasteiger partial charge is 0.128 e. The molecule has 5 heteroatoms. The molecular weight excluding hydrogens is 354 g/mol. The van der Waals surface area contributed by atoms with Crippen molar-refractivity contribution in [1.29, 1.82) is 0 Å². The summed E-state index contributed by atoms with van der Waals surface area (Å²) in [5.41, 5.74) is 2.00. The van der Waals surface area contributed by atoms with E-state index in [1.54, 1.807) is 12.5 Å². The number of allylic oxidation sites excluding steroid dienone is 2. The molecule has 0 radical (unpaired) electrons. The van der Waals surface area contributed by atoms with Gasteiger partial charge >= 0.3 is 0 Å². The maximum Gasteiger partial charge on any atom is 0.128 e. The largest absolute Gasteiger partial charge is 0.379 e. The number of aliphatic hydroxyl groups is 1. The van der Waals surface area contributed by atoms with Gasteiger partial charge in [0.2, 0.25) is 0 Å². The maximum absolute atomic E-state index is 10.9. The number of hydrogen-bond donors (Lipinski definition) is 2. The predicted octanol–water partition coefficient (Wildman–Crippen LogP) is 3.88. The second-order valence-electron chi connectivity index (χ2n) is 5.85. The van der Waals surface area contributed by atoms with Gasteiger partial charge in [-0.15, -0.1) is 0 Å². The fourth-order valence-corrected chi connectivity index (χ4v) is 3.42. The molecule has 0 amide bonds. The number of aromatic nitrogens is 3. The summed E-state index contributed by atoms with van der Waals surface area (Å²) >= 11 is 3.50. The Hall–Kier alpha value is -2.11. The highest BCUT2D eigenvalue weighted by molar-refractivity contribution is 9.10. The molecule has 1 aliphatic rings. The zero-order valence-corrected chi connectivity index (χ0v) is 14.0. The van der Waals surface area contributed by atoms with Gasteiger partial charge in [-0.2, -0.15) is 0 Å². The van der Waals surface area contributed by atoms with E-state index >= 15 is 0 Å². The van der Waals surface area contributed by atoms with E-state index in [2.05, 4.69) is 44.1 Å². The van der Waals surface area contributed by atoms with E-state index in [0.717, 1.165) is 26.8 Å². The SMILES string of the molecule is OC1(c2cncn2Cc2cc3cc(Br)ccc3[nH]2)C=CC=CC1. The zero-order chi connectivity index (χ0) is 15.9. The first-order valence-corrected chi connectivity index (χ1v) is 8.28. The summed E-state index contributed by atoms with van der Waals surface area (Å²) in [4.78, 5) is 7.65. The number of benzene rings is 1. The van der Waals surface area contributed by atoms with Crippen LogP contribution < -0.4 is 0 Å². The molecule has 116 valence electrons. The fourth-order valence-electron chi connectivity index (χ4n) is 3.04. The first kappa shape index (κ1) is 14.5. The molecule has 1 aliphatic carbocycles. The summed E-state index contributed by atoms with van der Waals surface area (Å²) in [6.45, 7) is 0.640. The number of aromatic amines is 1. The monoisotopic (exact) mass is 369 g/mol. The van der Waals surface area contributed by atoms with E-state index in [0.29, 0.717) is 13.0 Å². The van der Waals surface area contributed by atoms with Gasteiger partial charge in [0.05, 0.1) is 24.8 Å². The molecule has 0 aliphatic heterocycles. The van der Waals surface area contributed by atoms with Gasteiger partial charge in [-0.1, -0.05) is 34.2 Å². The summed E-state index contributed by atoms with van der Waals surface area (Å²) in [7, 11) is 0. The Bertz CT molecular complexity index is 921. The lowest BCUT2D eigenvalue weighted by Crippen LogP contribution is -2.27. The third-order valence-electron chi connectivity index (χ3n) is 4.18. The molecule has 2 N–H and O–H groups in total. The van der Waals surface area contributed by atoms with Crippen molar-refractivity contribution in [2.24, 2.45) is 0 Å². The number of nitrogens with zero attached hydrogens (tertiary/aromatic N) is 2. The lowest BCUT2D eigenvalue weighted by Gasteiger charge is -2.26. The van der Waals surface area contributed by atoms with E-state index in [-0.39, 0.29) is 0 Å². The number of halogens is 1. The Labute approximate surface area is 142 Å². The van der Waals surface area contributed by atoms with E-state index in [4.69, 9.17) is 0 Å². The van der Waals surface area contributed by atoms with Crippen LogP contribution in [0.1, 0.15) is 17.8 Å². The topological polar surface area (TPSA) is 53.8 Å². The van der Waals surface area contributed by atoms with Crippen LogP contribution in [-0.4, -0.2) is 19.6 Å². The molecule has 0 spiro atoms. The molecule has 1 atom stereocenters. The minimum absolute atomic E-state index is 0.564. The molecule has 0 bridgehead atoms. The van der Waals surface area contributed by atoms with Crippen LogP contribution in [0.25, 0.3) is 10.9 Å². The van der Waals surface area contributed by atoms with Crippen LogP contribution in [0.15, 0.2) is 65.6 Å². The molecule has 0 fully saturated rings. The van der Waals surface area contributed by atoms with Crippen LogP contribution in [0.5, 0.6) is 0 Å². The number of imidazole rings is 1. The highest BCUT2D eigenvalue weighted by Gasteiger charge is 2.29. The number of H-pyrrole nitrogens is 1. The molecule has 1 aromatic carbocycles. The van der Waals surface area contributed by atoms with Gasteiger partial charge in [0.15, 0.2) is 0 Å². The molecule has 1 unspecified atom stereocenters. The van der Waals surface area contributed by atoms with Crippen molar-refractivity contribution in [1.82, 2.24) is 14.5 Å². The van der Waals surface area contributed by atoms with E-state index < -0.39 is 5.60 Å². The zero-order valence-electron chi connectivity index (χ0n) is 12.4. The molecular formula is C18H16BrN3O. The Kier molecular flexibility index (Phi) is 3.47. The molecule has 3 aromatic rings. The molecule has 4 nitrogen and oxygen atoms in total. The summed E-state index contributed by atoms with van der Waals surface area (Å²) in [5.74, 6) is 0. The van der Waals surface area contributed by atoms with Gasteiger partial charge in [0.1, 0.15) is 5.60 Å². The lowest BCUT2D eigenvalue weighted by molar-refractivity contribution is 0.0830. The quantitative estimate of drug-likeness (QED) is 0.735. The maximum atomic E-state index is 10.9. The van der Waals surface area contributed by atoms with Crippen molar-refractivity contribution >= 4 is 26.8 Å². The van der Waals surface area contributed by atoms with Gasteiger partial charge in [0.25, 0.3) is 0 Å². The number of rotatable bonds is 3. The van der Waals surface area contributed by atoms with Crippen LogP contribution in [0.3, 0.4) is 0 Å². The highest BCUT2D eigenvalue weighted by Crippen LogP contribution is 2.30. The lowest BCUT2D eigenvalue weighted by atomic mass is 9.92. The van der Waals surface area contributed by atoms with Gasteiger partial charge in [-0.3, -0.25) is 0 Å². The van der Waals surface area contributed by atoms with Crippen LogP contribution in [-0.2, 0) is 12.1 Å². The number of nitrogens with one attached hydrogen (secondary N) is 1. The van der Waals surface area contributed by atoms with Crippen LogP contribution >= 0.6 is 15.9 Å². The number of hydrogen-bond acceptors (Lipinski definition) is 2. The van der Waals surface area contributed by atoms with Crippen molar-refractivity contribution in [3.63, 3.8) is 0 Å². The van der Waals surface area contributed by atoms with Gasteiger partial charge < -0.3 is 14.7 Å². The highest BCUT2D eigenvalue weighted by atomic mass is 79.9. The van der Waals surface area contributed by atoms with E-state index in [1.807, 2.05) is 34.9 Å². The summed E-state index contributed by atoms with van der Waals surface area (Å²) in [6, 6.07) is 8.30. The second kappa shape index (κ2) is 5.51. The average Bonchev–Trinajstić information content (AvgIpc) is 3.14. The standard InChI is InChI=1S/C18H16BrN3O/c19-14-4-5-16-13(8-14)9-15(21-16)11-22-12-20-10-17(22)18(23)6-2-1-3-7-18/h1-6,8-10,12,21,23H,7,11H2. The molecule has 0 saturated carbocycles. The van der Waals surface area contributed by atoms with Crippen LogP contribution in [0.4, 0.5) is 0 Å². The van der Waals surface area contributed by atoms with Crippen molar-refractivity contribution in [3.05, 3.63) is 77.0 Å². The average molecular weight is 370 g/mol. The Morgan fingerprint density at radius 3 is 3.04 bits per heavy atom. The molecule has 0 saturated heterocycles. The molecule has 23 heavy (non-hydrogen) atoms. The normalized spacial score (nSPS) is 20.4. The summed E-state index contributed by atoms with van der Waals surface area (Å²) < 4.78 is 3.05. The van der Waals surface area contributed by atoms with Crippen molar-refractivity contribution < 1.29 is 5.11 Å². The summed E-state index contributed by atoms with van der Waals surface area (Å²) in [6.07, 6.45) is 11.7. The third-order valence-corrected chi connectivity index (χ3v) is 4.68. The molecule has 2 heterocycles. The first-order chi connectivity index (χ1) is 11.1. The Morgan fingerprint density at radius 2 is 2.22 bits per heavy atom. The fraction of sp³-hybridized carbons (Fsp3) is 0.167.